The number of nitrogens with zero attached hydrogens (tertiary/aromatic N) is 1. The Bertz CT molecular complexity index is 444. The second kappa shape index (κ2) is 7.76. The summed E-state index contributed by atoms with van der Waals surface area (Å²) in [5, 5.41) is 12.7. The lowest BCUT2D eigenvalue weighted by Gasteiger charge is -2.32. The minimum Gasteiger partial charge on any atom is -0.395 e. The van der Waals surface area contributed by atoms with E-state index >= 15 is 0 Å². The molecule has 118 valence electrons. The van der Waals surface area contributed by atoms with Crippen molar-refractivity contribution in [2.75, 3.05) is 18.1 Å². The standard InChI is InChI=1S/C17H27FN2O/c1-3-15(4-2)20(9-10-21)17-8-5-13(11-16(17)18)12-19-14-6-7-14/h5,8,11,14-15,19,21H,3-4,6-7,9-10,12H2,1-2H3. The van der Waals surface area contributed by atoms with Crippen molar-refractivity contribution in [3.05, 3.63) is 29.6 Å². The van der Waals surface area contributed by atoms with Gasteiger partial charge in [0.25, 0.3) is 0 Å². The molecule has 2 N–H and O–H groups in total. The number of halogens is 1. The lowest BCUT2D eigenvalue weighted by atomic mass is 10.1. The molecule has 1 aliphatic carbocycles. The highest BCUT2D eigenvalue weighted by molar-refractivity contribution is 5.50. The second-order valence-electron chi connectivity index (χ2n) is 5.83. The highest BCUT2D eigenvalue weighted by atomic mass is 19.1. The van der Waals surface area contributed by atoms with Gasteiger partial charge in [-0.25, -0.2) is 4.39 Å². The van der Waals surface area contributed by atoms with E-state index in [-0.39, 0.29) is 18.5 Å². The highest BCUT2D eigenvalue weighted by Crippen LogP contribution is 2.25. The van der Waals surface area contributed by atoms with Crippen molar-refractivity contribution in [3.8, 4) is 0 Å². The van der Waals surface area contributed by atoms with Crippen LogP contribution in [0.25, 0.3) is 0 Å². The van der Waals surface area contributed by atoms with E-state index < -0.39 is 0 Å². The molecule has 0 amide bonds. The lowest BCUT2D eigenvalue weighted by Crippen LogP contribution is -2.37. The van der Waals surface area contributed by atoms with Crippen LogP contribution >= 0.6 is 0 Å². The van der Waals surface area contributed by atoms with E-state index in [2.05, 4.69) is 19.2 Å². The van der Waals surface area contributed by atoms with Crippen LogP contribution in [0.4, 0.5) is 10.1 Å². The minimum absolute atomic E-state index is 0.0426. The molecular formula is C17H27FN2O. The first kappa shape index (κ1) is 16.2. The maximum absolute atomic E-state index is 14.4. The molecule has 0 atom stereocenters. The fourth-order valence-corrected chi connectivity index (χ4v) is 2.78. The average molecular weight is 294 g/mol. The Morgan fingerprint density at radius 1 is 1.33 bits per heavy atom. The molecular weight excluding hydrogens is 267 g/mol. The van der Waals surface area contributed by atoms with Gasteiger partial charge in [-0.3, -0.25) is 0 Å². The largest absolute Gasteiger partial charge is 0.395 e. The maximum atomic E-state index is 14.4. The van der Waals surface area contributed by atoms with Gasteiger partial charge in [-0.05, 0) is 43.4 Å². The predicted octanol–water partition coefficient (Wildman–Crippen LogP) is 3.07. The Kier molecular flexibility index (Phi) is 6.00. The van der Waals surface area contributed by atoms with Gasteiger partial charge in [-0.1, -0.05) is 19.9 Å². The Morgan fingerprint density at radius 2 is 2.05 bits per heavy atom. The van der Waals surface area contributed by atoms with Gasteiger partial charge in [-0.15, -0.1) is 0 Å². The molecule has 0 aliphatic heterocycles. The molecule has 2 rings (SSSR count). The van der Waals surface area contributed by atoms with E-state index in [1.807, 2.05) is 17.0 Å². The number of nitrogens with one attached hydrogen (secondary N) is 1. The van der Waals surface area contributed by atoms with Gasteiger partial charge in [0.15, 0.2) is 0 Å². The van der Waals surface area contributed by atoms with Crippen LogP contribution in [0.15, 0.2) is 18.2 Å². The van der Waals surface area contributed by atoms with Crippen molar-refractivity contribution in [1.29, 1.82) is 0 Å². The van der Waals surface area contributed by atoms with Crippen molar-refractivity contribution in [2.24, 2.45) is 0 Å². The summed E-state index contributed by atoms with van der Waals surface area (Å²) in [7, 11) is 0. The fraction of sp³-hybridized carbons (Fsp3) is 0.647. The zero-order chi connectivity index (χ0) is 15.2. The lowest BCUT2D eigenvalue weighted by molar-refractivity contribution is 0.295. The molecule has 0 saturated heterocycles. The van der Waals surface area contributed by atoms with Gasteiger partial charge >= 0.3 is 0 Å². The van der Waals surface area contributed by atoms with E-state index in [9.17, 15) is 9.50 Å². The topological polar surface area (TPSA) is 35.5 Å². The third-order valence-electron chi connectivity index (χ3n) is 4.22. The van der Waals surface area contributed by atoms with E-state index in [4.69, 9.17) is 0 Å². The predicted molar refractivity (Wildman–Crippen MR) is 85.1 cm³/mol. The first-order valence-electron chi connectivity index (χ1n) is 8.08. The van der Waals surface area contributed by atoms with Crippen molar-refractivity contribution >= 4 is 5.69 Å². The smallest absolute Gasteiger partial charge is 0.146 e. The number of aliphatic hydroxyl groups excluding tert-OH is 1. The summed E-state index contributed by atoms with van der Waals surface area (Å²) in [5.41, 5.74) is 1.59. The summed E-state index contributed by atoms with van der Waals surface area (Å²) in [4.78, 5) is 1.99. The fourth-order valence-electron chi connectivity index (χ4n) is 2.78. The van der Waals surface area contributed by atoms with Gasteiger partial charge in [0.05, 0.1) is 12.3 Å². The molecule has 1 saturated carbocycles. The van der Waals surface area contributed by atoms with Crippen LogP contribution in [0.1, 0.15) is 45.1 Å². The summed E-state index contributed by atoms with van der Waals surface area (Å²) in [6, 6.07) is 6.36. The van der Waals surface area contributed by atoms with Crippen LogP contribution in [0.5, 0.6) is 0 Å². The summed E-state index contributed by atoms with van der Waals surface area (Å²) >= 11 is 0. The van der Waals surface area contributed by atoms with E-state index in [0.717, 1.165) is 24.9 Å². The molecule has 1 fully saturated rings. The number of hydrogen-bond acceptors (Lipinski definition) is 3. The number of aliphatic hydroxyl groups is 1. The van der Waals surface area contributed by atoms with Crippen LogP contribution in [-0.4, -0.2) is 30.3 Å². The van der Waals surface area contributed by atoms with E-state index in [1.54, 1.807) is 6.07 Å². The maximum Gasteiger partial charge on any atom is 0.146 e. The third kappa shape index (κ3) is 4.42. The van der Waals surface area contributed by atoms with E-state index in [0.29, 0.717) is 18.3 Å². The molecule has 21 heavy (non-hydrogen) atoms. The van der Waals surface area contributed by atoms with Crippen LogP contribution in [0, 0.1) is 5.82 Å². The van der Waals surface area contributed by atoms with Crippen molar-refractivity contribution < 1.29 is 9.50 Å². The summed E-state index contributed by atoms with van der Waals surface area (Å²) in [6.07, 6.45) is 4.36. The quantitative estimate of drug-likeness (QED) is 0.735. The molecule has 0 heterocycles. The minimum atomic E-state index is -0.189. The number of rotatable bonds is 9. The molecule has 0 radical (unpaired) electrons. The molecule has 1 aromatic rings. The van der Waals surface area contributed by atoms with Gasteiger partial charge < -0.3 is 15.3 Å². The molecule has 0 bridgehead atoms. The Morgan fingerprint density at radius 3 is 2.57 bits per heavy atom. The highest BCUT2D eigenvalue weighted by Gasteiger charge is 2.21. The van der Waals surface area contributed by atoms with Gasteiger partial charge in [0, 0.05) is 25.2 Å². The summed E-state index contributed by atoms with van der Waals surface area (Å²) < 4.78 is 14.4. The Labute approximate surface area is 127 Å². The third-order valence-corrected chi connectivity index (χ3v) is 4.22. The molecule has 3 nitrogen and oxygen atoms in total. The zero-order valence-electron chi connectivity index (χ0n) is 13.1. The molecule has 1 aromatic carbocycles. The normalized spacial score (nSPS) is 14.7. The van der Waals surface area contributed by atoms with Gasteiger partial charge in [0.1, 0.15) is 5.82 Å². The summed E-state index contributed by atoms with van der Waals surface area (Å²) in [6.45, 7) is 5.45. The van der Waals surface area contributed by atoms with Gasteiger partial charge in [0.2, 0.25) is 0 Å². The Hall–Kier alpha value is -1.13. The van der Waals surface area contributed by atoms with Crippen LogP contribution in [0.2, 0.25) is 0 Å². The van der Waals surface area contributed by atoms with Gasteiger partial charge in [-0.2, -0.15) is 0 Å². The average Bonchev–Trinajstić information content (AvgIpc) is 3.30. The van der Waals surface area contributed by atoms with Crippen LogP contribution in [0.3, 0.4) is 0 Å². The van der Waals surface area contributed by atoms with Crippen molar-refractivity contribution in [3.63, 3.8) is 0 Å². The van der Waals surface area contributed by atoms with Crippen LogP contribution in [-0.2, 0) is 6.54 Å². The monoisotopic (exact) mass is 294 g/mol. The molecule has 0 unspecified atom stereocenters. The second-order valence-corrected chi connectivity index (χ2v) is 5.83. The molecule has 0 spiro atoms. The number of anilines is 1. The summed E-state index contributed by atoms with van der Waals surface area (Å²) in [5.74, 6) is -0.189. The molecule has 0 aromatic heterocycles. The first-order chi connectivity index (χ1) is 10.2. The number of benzene rings is 1. The SMILES string of the molecule is CCC(CC)N(CCO)c1ccc(CNC2CC2)cc1F. The van der Waals surface area contributed by atoms with Crippen molar-refractivity contribution in [1.82, 2.24) is 5.32 Å². The van der Waals surface area contributed by atoms with Crippen molar-refractivity contribution in [2.45, 2.75) is 58.2 Å². The van der Waals surface area contributed by atoms with E-state index in [1.165, 1.54) is 12.8 Å². The first-order valence-corrected chi connectivity index (χ1v) is 8.08. The Balaban J connectivity index is 2.11. The number of hydrogen-bond donors (Lipinski definition) is 2. The van der Waals surface area contributed by atoms with Crippen LogP contribution < -0.4 is 10.2 Å². The zero-order valence-corrected chi connectivity index (χ0v) is 13.1. The molecule has 4 heteroatoms. The molecule has 1 aliphatic rings.